The lowest BCUT2D eigenvalue weighted by Crippen LogP contribution is -2.55. The molecule has 1 saturated heterocycles. The van der Waals surface area contributed by atoms with E-state index in [-0.39, 0.29) is 30.3 Å². The van der Waals surface area contributed by atoms with Gasteiger partial charge < -0.3 is 18.9 Å². The van der Waals surface area contributed by atoms with Gasteiger partial charge in [-0.3, -0.25) is 0 Å². The van der Waals surface area contributed by atoms with E-state index in [1.807, 2.05) is 54.6 Å². The zero-order valence-electron chi connectivity index (χ0n) is 19.5. The monoisotopic (exact) mass is 446 g/mol. The fourth-order valence-electron chi connectivity index (χ4n) is 4.46. The SMILES string of the molecule is CC1OC(COCc2ccccc2)C(OCc2ccccc2)C(C)C1OCc1ccccc1. The van der Waals surface area contributed by atoms with Crippen LogP contribution in [0.4, 0.5) is 0 Å². The molecule has 3 aromatic carbocycles. The number of hydrogen-bond donors (Lipinski definition) is 0. The molecular weight excluding hydrogens is 412 g/mol. The highest BCUT2D eigenvalue weighted by Crippen LogP contribution is 2.32. The highest BCUT2D eigenvalue weighted by atomic mass is 16.6. The Hall–Kier alpha value is -2.50. The Labute approximate surface area is 197 Å². The van der Waals surface area contributed by atoms with Crippen molar-refractivity contribution in [2.45, 2.75) is 58.1 Å². The normalized spacial score (nSPS) is 25.1. The number of benzene rings is 3. The van der Waals surface area contributed by atoms with E-state index < -0.39 is 0 Å². The number of hydrogen-bond acceptors (Lipinski definition) is 4. The summed E-state index contributed by atoms with van der Waals surface area (Å²) in [6.45, 7) is 6.42. The molecule has 0 bridgehead atoms. The summed E-state index contributed by atoms with van der Waals surface area (Å²) in [5.74, 6) is 0.159. The molecule has 0 saturated carbocycles. The minimum Gasteiger partial charge on any atom is -0.374 e. The van der Waals surface area contributed by atoms with E-state index in [9.17, 15) is 0 Å². The topological polar surface area (TPSA) is 36.9 Å². The molecule has 1 aliphatic rings. The zero-order chi connectivity index (χ0) is 22.9. The second kappa shape index (κ2) is 12.1. The summed E-state index contributed by atoms with van der Waals surface area (Å²) in [7, 11) is 0. The van der Waals surface area contributed by atoms with Crippen molar-refractivity contribution < 1.29 is 18.9 Å². The maximum atomic E-state index is 6.44. The Balaban J connectivity index is 1.41. The van der Waals surface area contributed by atoms with Crippen LogP contribution in [-0.4, -0.2) is 31.0 Å². The summed E-state index contributed by atoms with van der Waals surface area (Å²) in [4.78, 5) is 0. The van der Waals surface area contributed by atoms with Crippen LogP contribution in [-0.2, 0) is 38.8 Å². The van der Waals surface area contributed by atoms with Crippen molar-refractivity contribution in [2.75, 3.05) is 6.61 Å². The lowest BCUT2D eigenvalue weighted by atomic mass is 9.87. The van der Waals surface area contributed by atoms with Crippen LogP contribution in [0.2, 0.25) is 0 Å². The van der Waals surface area contributed by atoms with Crippen molar-refractivity contribution in [3.63, 3.8) is 0 Å². The first-order chi connectivity index (χ1) is 16.2. The standard InChI is InChI=1S/C29H34O4/c1-22-28(31-19-25-14-8-4-9-15-25)23(2)33-27(21-30-18-24-12-6-3-7-13-24)29(22)32-20-26-16-10-5-11-17-26/h3-17,22-23,27-29H,18-21H2,1-2H3. The summed E-state index contributed by atoms with van der Waals surface area (Å²) < 4.78 is 25.3. The third-order valence-corrected chi connectivity index (χ3v) is 6.22. The predicted molar refractivity (Wildman–Crippen MR) is 130 cm³/mol. The molecule has 33 heavy (non-hydrogen) atoms. The van der Waals surface area contributed by atoms with E-state index in [2.05, 4.69) is 50.2 Å². The van der Waals surface area contributed by atoms with Gasteiger partial charge in [0.2, 0.25) is 0 Å². The molecule has 1 aliphatic heterocycles. The van der Waals surface area contributed by atoms with E-state index in [0.29, 0.717) is 26.4 Å². The van der Waals surface area contributed by atoms with Crippen LogP contribution in [0.1, 0.15) is 30.5 Å². The maximum Gasteiger partial charge on any atom is 0.108 e. The lowest BCUT2D eigenvalue weighted by molar-refractivity contribution is -0.235. The Morgan fingerprint density at radius 3 is 1.58 bits per heavy atom. The van der Waals surface area contributed by atoms with E-state index in [1.54, 1.807) is 0 Å². The van der Waals surface area contributed by atoms with Gasteiger partial charge in [0.15, 0.2) is 0 Å². The summed E-state index contributed by atoms with van der Waals surface area (Å²) in [6, 6.07) is 30.7. The molecule has 0 aliphatic carbocycles. The molecule has 0 N–H and O–H groups in total. The van der Waals surface area contributed by atoms with Crippen LogP contribution >= 0.6 is 0 Å². The summed E-state index contributed by atoms with van der Waals surface area (Å²) in [5, 5.41) is 0. The van der Waals surface area contributed by atoms with E-state index in [1.165, 1.54) is 0 Å². The Kier molecular flexibility index (Phi) is 8.67. The second-order valence-corrected chi connectivity index (χ2v) is 8.76. The fourth-order valence-corrected chi connectivity index (χ4v) is 4.46. The predicted octanol–water partition coefficient (Wildman–Crippen LogP) is 5.80. The second-order valence-electron chi connectivity index (χ2n) is 8.76. The van der Waals surface area contributed by atoms with Gasteiger partial charge in [0, 0.05) is 5.92 Å². The van der Waals surface area contributed by atoms with Crippen LogP contribution in [0.5, 0.6) is 0 Å². The molecule has 174 valence electrons. The molecule has 0 spiro atoms. The van der Waals surface area contributed by atoms with Crippen LogP contribution < -0.4 is 0 Å². The third-order valence-electron chi connectivity index (χ3n) is 6.22. The molecule has 1 heterocycles. The average molecular weight is 447 g/mol. The number of ether oxygens (including phenoxy) is 4. The fraction of sp³-hybridized carbons (Fsp3) is 0.379. The van der Waals surface area contributed by atoms with Crippen LogP contribution in [0.15, 0.2) is 91.0 Å². The summed E-state index contributed by atoms with van der Waals surface area (Å²) in [5.41, 5.74) is 3.46. The quantitative estimate of drug-likeness (QED) is 0.395. The minimum absolute atomic E-state index is 0.0504. The van der Waals surface area contributed by atoms with Gasteiger partial charge in [-0.15, -0.1) is 0 Å². The van der Waals surface area contributed by atoms with Crippen LogP contribution in [0, 0.1) is 5.92 Å². The van der Waals surface area contributed by atoms with Crippen molar-refractivity contribution >= 4 is 0 Å². The molecule has 3 aromatic rings. The van der Waals surface area contributed by atoms with E-state index in [0.717, 1.165) is 16.7 Å². The van der Waals surface area contributed by atoms with Crippen molar-refractivity contribution in [3.05, 3.63) is 108 Å². The number of rotatable bonds is 10. The Morgan fingerprint density at radius 2 is 1.06 bits per heavy atom. The summed E-state index contributed by atoms with van der Waals surface area (Å²) in [6.07, 6.45) is -0.390. The molecule has 0 radical (unpaired) electrons. The van der Waals surface area contributed by atoms with Crippen molar-refractivity contribution in [1.29, 1.82) is 0 Å². The molecule has 4 rings (SSSR count). The Morgan fingerprint density at radius 1 is 0.606 bits per heavy atom. The first-order valence-corrected chi connectivity index (χ1v) is 11.8. The van der Waals surface area contributed by atoms with Gasteiger partial charge in [-0.05, 0) is 23.6 Å². The lowest BCUT2D eigenvalue weighted by Gasteiger charge is -2.44. The van der Waals surface area contributed by atoms with Crippen LogP contribution in [0.25, 0.3) is 0 Å². The largest absolute Gasteiger partial charge is 0.374 e. The molecular formula is C29H34O4. The van der Waals surface area contributed by atoms with Crippen molar-refractivity contribution in [1.82, 2.24) is 0 Å². The third kappa shape index (κ3) is 6.75. The van der Waals surface area contributed by atoms with E-state index >= 15 is 0 Å². The van der Waals surface area contributed by atoms with Crippen molar-refractivity contribution in [2.24, 2.45) is 5.92 Å². The van der Waals surface area contributed by atoms with Gasteiger partial charge >= 0.3 is 0 Å². The van der Waals surface area contributed by atoms with Gasteiger partial charge in [-0.2, -0.15) is 0 Å². The molecule has 4 nitrogen and oxygen atoms in total. The van der Waals surface area contributed by atoms with Crippen LogP contribution in [0.3, 0.4) is 0 Å². The zero-order valence-corrected chi connectivity index (χ0v) is 19.5. The van der Waals surface area contributed by atoms with Gasteiger partial charge in [-0.25, -0.2) is 0 Å². The molecule has 5 unspecified atom stereocenters. The summed E-state index contributed by atoms with van der Waals surface area (Å²) >= 11 is 0. The highest BCUT2D eigenvalue weighted by molar-refractivity contribution is 5.15. The smallest absolute Gasteiger partial charge is 0.108 e. The van der Waals surface area contributed by atoms with Gasteiger partial charge in [0.25, 0.3) is 0 Å². The minimum atomic E-state index is -0.154. The first kappa shape index (κ1) is 23.7. The molecule has 0 amide bonds. The molecule has 1 fully saturated rings. The molecule has 5 atom stereocenters. The average Bonchev–Trinajstić information content (AvgIpc) is 2.85. The van der Waals surface area contributed by atoms with Gasteiger partial charge in [0.1, 0.15) is 6.10 Å². The van der Waals surface area contributed by atoms with Crippen molar-refractivity contribution in [3.8, 4) is 0 Å². The van der Waals surface area contributed by atoms with Gasteiger partial charge in [-0.1, -0.05) is 97.9 Å². The maximum absolute atomic E-state index is 6.44. The van der Waals surface area contributed by atoms with Gasteiger partial charge in [0.05, 0.1) is 44.7 Å². The highest BCUT2D eigenvalue weighted by Gasteiger charge is 2.43. The molecule has 4 heteroatoms. The Bertz CT molecular complexity index is 930. The van der Waals surface area contributed by atoms with E-state index in [4.69, 9.17) is 18.9 Å². The first-order valence-electron chi connectivity index (χ1n) is 11.8. The molecule has 0 aromatic heterocycles.